The van der Waals surface area contributed by atoms with E-state index < -0.39 is 11.2 Å². The number of aryl methyl sites for hydroxylation is 1. The van der Waals surface area contributed by atoms with Crippen molar-refractivity contribution in [3.63, 3.8) is 0 Å². The molecule has 0 aliphatic rings. The average molecular weight is 432 g/mol. The summed E-state index contributed by atoms with van der Waals surface area (Å²) in [4.78, 5) is 39.8. The number of nitrogens with two attached hydrogens (primary N) is 1. The Bertz CT molecular complexity index is 1480. The van der Waals surface area contributed by atoms with E-state index in [0.29, 0.717) is 29.2 Å². The van der Waals surface area contributed by atoms with Gasteiger partial charge in [0.1, 0.15) is 0 Å². The van der Waals surface area contributed by atoms with Gasteiger partial charge in [-0.2, -0.15) is 4.98 Å². The molecular formula is C22H24N8O2. The molecule has 4 aromatic heterocycles. The van der Waals surface area contributed by atoms with Gasteiger partial charge in [-0.05, 0) is 38.1 Å². The Balaban J connectivity index is 1.88. The molecule has 0 bridgehead atoms. The Hall–Kier alpha value is -3.97. The molecular weight excluding hydrogens is 408 g/mol. The number of nitrogens with one attached hydrogen (secondary N) is 1. The van der Waals surface area contributed by atoms with Crippen molar-refractivity contribution >= 4 is 28.1 Å². The third-order valence-corrected chi connectivity index (χ3v) is 5.06. The summed E-state index contributed by atoms with van der Waals surface area (Å²) in [6.07, 6.45) is 1.69. The number of fused-ring (bicyclic) bond motifs is 2. The van der Waals surface area contributed by atoms with E-state index in [9.17, 15) is 9.59 Å². The smallest absolute Gasteiger partial charge is 0.332 e. The normalized spacial score (nSPS) is 12.0. The highest BCUT2D eigenvalue weighted by Gasteiger charge is 2.20. The van der Waals surface area contributed by atoms with Crippen molar-refractivity contribution in [2.45, 2.75) is 33.0 Å². The third kappa shape index (κ3) is 3.86. The second-order valence-electron chi connectivity index (χ2n) is 7.56. The van der Waals surface area contributed by atoms with Gasteiger partial charge in [-0.1, -0.05) is 5.92 Å². The zero-order chi connectivity index (χ0) is 22.8. The quantitative estimate of drug-likeness (QED) is 0.429. The van der Waals surface area contributed by atoms with Gasteiger partial charge < -0.3 is 11.1 Å². The lowest BCUT2D eigenvalue weighted by Crippen LogP contribution is -2.40. The minimum Gasteiger partial charge on any atom is -0.354 e. The number of nitrogens with zero attached hydrogens (tertiary/aromatic N) is 6. The third-order valence-electron chi connectivity index (χ3n) is 5.06. The van der Waals surface area contributed by atoms with Gasteiger partial charge in [0.15, 0.2) is 11.2 Å². The second kappa shape index (κ2) is 8.64. The summed E-state index contributed by atoms with van der Waals surface area (Å²) in [5, 5.41) is 3.15. The molecule has 164 valence electrons. The fourth-order valence-corrected chi connectivity index (χ4v) is 3.46. The molecule has 4 heterocycles. The van der Waals surface area contributed by atoms with Crippen LogP contribution in [0.1, 0.15) is 19.5 Å². The maximum atomic E-state index is 13.5. The van der Waals surface area contributed by atoms with Crippen LogP contribution in [0.15, 0.2) is 40.1 Å². The number of hydrogen-bond acceptors (Lipinski definition) is 7. The van der Waals surface area contributed by atoms with Gasteiger partial charge >= 0.3 is 5.69 Å². The summed E-state index contributed by atoms with van der Waals surface area (Å²) in [7, 11) is 1.59. The average Bonchev–Trinajstić information content (AvgIpc) is 3.16. The van der Waals surface area contributed by atoms with Gasteiger partial charge in [0.05, 0.1) is 29.8 Å². The fraction of sp³-hybridized carbons (Fsp3) is 0.318. The van der Waals surface area contributed by atoms with E-state index in [1.807, 2.05) is 19.1 Å². The van der Waals surface area contributed by atoms with Crippen LogP contribution in [0.3, 0.4) is 0 Å². The Morgan fingerprint density at radius 1 is 1.16 bits per heavy atom. The summed E-state index contributed by atoms with van der Waals surface area (Å²) in [5.74, 6) is 6.25. The molecule has 0 amide bonds. The SMILES string of the molecule is CC#CCn1c(NC[C@H](C)N)nc2c1c(=O)n(Cc1ccc3ncccc3n1)c(=O)n2C. The predicted molar refractivity (Wildman–Crippen MR) is 123 cm³/mol. The summed E-state index contributed by atoms with van der Waals surface area (Å²) >= 11 is 0. The molecule has 0 aliphatic heterocycles. The van der Waals surface area contributed by atoms with E-state index >= 15 is 0 Å². The monoisotopic (exact) mass is 432 g/mol. The van der Waals surface area contributed by atoms with Crippen LogP contribution in [0.5, 0.6) is 0 Å². The summed E-state index contributed by atoms with van der Waals surface area (Å²) in [5.41, 5.74) is 7.54. The van der Waals surface area contributed by atoms with Crippen molar-refractivity contribution in [1.82, 2.24) is 28.7 Å². The maximum absolute atomic E-state index is 13.5. The topological polar surface area (TPSA) is 126 Å². The molecule has 10 nitrogen and oxygen atoms in total. The van der Waals surface area contributed by atoms with Crippen molar-refractivity contribution in [2.75, 3.05) is 11.9 Å². The van der Waals surface area contributed by atoms with Crippen molar-refractivity contribution < 1.29 is 0 Å². The number of anilines is 1. The van der Waals surface area contributed by atoms with Gasteiger partial charge in [-0.3, -0.25) is 23.5 Å². The molecule has 4 rings (SSSR count). The van der Waals surface area contributed by atoms with Crippen LogP contribution in [0.4, 0.5) is 5.95 Å². The van der Waals surface area contributed by atoms with Crippen molar-refractivity contribution in [1.29, 1.82) is 0 Å². The van der Waals surface area contributed by atoms with Crippen molar-refractivity contribution in [3.8, 4) is 11.8 Å². The van der Waals surface area contributed by atoms with Crippen LogP contribution in [-0.4, -0.2) is 41.2 Å². The Morgan fingerprint density at radius 3 is 2.72 bits per heavy atom. The molecule has 0 aliphatic carbocycles. The first-order valence-electron chi connectivity index (χ1n) is 10.2. The molecule has 0 spiro atoms. The first-order chi connectivity index (χ1) is 15.4. The van der Waals surface area contributed by atoms with Crippen LogP contribution in [0.25, 0.3) is 22.2 Å². The highest BCUT2D eigenvalue weighted by atomic mass is 16.2. The van der Waals surface area contributed by atoms with Gasteiger partial charge in [-0.15, -0.1) is 5.92 Å². The van der Waals surface area contributed by atoms with Crippen molar-refractivity contribution in [3.05, 3.63) is 57.0 Å². The zero-order valence-electron chi connectivity index (χ0n) is 18.2. The van der Waals surface area contributed by atoms with Crippen LogP contribution in [0.2, 0.25) is 0 Å². The highest BCUT2D eigenvalue weighted by molar-refractivity contribution is 5.75. The second-order valence-corrected chi connectivity index (χ2v) is 7.56. The molecule has 0 fully saturated rings. The Morgan fingerprint density at radius 2 is 1.97 bits per heavy atom. The number of rotatable bonds is 6. The lowest BCUT2D eigenvalue weighted by Gasteiger charge is -2.11. The summed E-state index contributed by atoms with van der Waals surface area (Å²) in [6, 6.07) is 7.10. The van der Waals surface area contributed by atoms with Gasteiger partial charge in [-0.25, -0.2) is 9.78 Å². The number of imidazole rings is 1. The summed E-state index contributed by atoms with van der Waals surface area (Å²) < 4.78 is 4.22. The number of aromatic nitrogens is 6. The summed E-state index contributed by atoms with van der Waals surface area (Å²) in [6.45, 7) is 4.32. The van der Waals surface area contributed by atoms with Gasteiger partial charge in [0, 0.05) is 25.8 Å². The van der Waals surface area contributed by atoms with E-state index in [4.69, 9.17) is 5.73 Å². The van der Waals surface area contributed by atoms with Crippen molar-refractivity contribution in [2.24, 2.45) is 12.8 Å². The Labute approximate surface area is 183 Å². The van der Waals surface area contributed by atoms with E-state index in [-0.39, 0.29) is 24.8 Å². The minimum atomic E-state index is -0.472. The molecule has 3 N–H and O–H groups in total. The van der Waals surface area contributed by atoms with E-state index in [0.717, 1.165) is 5.52 Å². The van der Waals surface area contributed by atoms with Gasteiger partial charge in [0.2, 0.25) is 5.95 Å². The predicted octanol–water partition coefficient (Wildman–Crippen LogP) is 0.671. The molecule has 10 heteroatoms. The van der Waals surface area contributed by atoms with Crippen LogP contribution in [-0.2, 0) is 20.1 Å². The van der Waals surface area contributed by atoms with E-state index in [2.05, 4.69) is 32.1 Å². The number of hydrogen-bond donors (Lipinski definition) is 2. The molecule has 0 radical (unpaired) electrons. The molecule has 32 heavy (non-hydrogen) atoms. The van der Waals surface area contributed by atoms with Crippen LogP contribution < -0.4 is 22.3 Å². The molecule has 0 saturated heterocycles. The van der Waals surface area contributed by atoms with E-state index in [1.165, 1.54) is 9.13 Å². The lowest BCUT2D eigenvalue weighted by molar-refractivity contribution is 0.646. The zero-order valence-corrected chi connectivity index (χ0v) is 18.2. The minimum absolute atomic E-state index is 0.0273. The van der Waals surface area contributed by atoms with Crippen LogP contribution in [0, 0.1) is 11.8 Å². The fourth-order valence-electron chi connectivity index (χ4n) is 3.46. The Kier molecular flexibility index (Phi) is 5.75. The molecule has 0 aromatic carbocycles. The molecule has 1 atom stereocenters. The van der Waals surface area contributed by atoms with Crippen LogP contribution >= 0.6 is 0 Å². The maximum Gasteiger partial charge on any atom is 0.332 e. The lowest BCUT2D eigenvalue weighted by atomic mass is 10.2. The molecule has 4 aromatic rings. The van der Waals surface area contributed by atoms with E-state index in [1.54, 1.807) is 36.9 Å². The first kappa shape index (κ1) is 21.3. The molecule has 0 unspecified atom stereocenters. The van der Waals surface area contributed by atoms with Gasteiger partial charge in [0.25, 0.3) is 5.56 Å². The molecule has 0 saturated carbocycles. The largest absolute Gasteiger partial charge is 0.354 e. The first-order valence-corrected chi connectivity index (χ1v) is 10.2. The highest BCUT2D eigenvalue weighted by Crippen LogP contribution is 2.16. The standard InChI is InChI=1S/C22H24N8O2/c1-4-5-11-29-18-19(27-21(29)25-12-14(2)23)28(3)22(32)30(20(18)31)13-15-8-9-16-17(26-15)7-6-10-24-16/h6-10,14H,11-13,23H2,1-3H3,(H,25,27)/t14-/m0/s1. The number of pyridine rings is 2.